The molecular formula is C18H22N2. The number of benzene rings is 1. The molecule has 3 rings (SSSR count). The van der Waals surface area contributed by atoms with Crippen molar-refractivity contribution in [1.82, 2.24) is 10.3 Å². The van der Waals surface area contributed by atoms with Crippen molar-refractivity contribution >= 4 is 0 Å². The normalized spacial score (nSPS) is 18.1. The summed E-state index contributed by atoms with van der Waals surface area (Å²) in [6, 6.07) is 13.6. The number of nitrogens with zero attached hydrogens (tertiary/aromatic N) is 1. The highest BCUT2D eigenvalue weighted by Crippen LogP contribution is 2.38. The first-order valence-electron chi connectivity index (χ1n) is 7.51. The first-order valence-corrected chi connectivity index (χ1v) is 7.51. The van der Waals surface area contributed by atoms with Gasteiger partial charge < -0.3 is 5.32 Å². The zero-order valence-corrected chi connectivity index (χ0v) is 12.0. The van der Waals surface area contributed by atoms with Crippen molar-refractivity contribution in [2.24, 2.45) is 0 Å². The minimum atomic E-state index is 0.591. The van der Waals surface area contributed by atoms with Gasteiger partial charge in [0.25, 0.3) is 0 Å². The van der Waals surface area contributed by atoms with Crippen molar-refractivity contribution in [1.29, 1.82) is 0 Å². The zero-order valence-electron chi connectivity index (χ0n) is 12.0. The van der Waals surface area contributed by atoms with Crippen LogP contribution in [0.3, 0.4) is 0 Å². The van der Waals surface area contributed by atoms with E-state index in [0.29, 0.717) is 6.04 Å². The topological polar surface area (TPSA) is 24.9 Å². The molecule has 0 spiro atoms. The summed E-state index contributed by atoms with van der Waals surface area (Å²) in [7, 11) is 2.08. The highest BCUT2D eigenvalue weighted by atomic mass is 14.9. The standard InChI is InChI=1S/C18H22N2/c1-19-17(9-8-14-5-4-10-20-13-14)12-16-11-15-6-2-3-7-18(15)16/h2-7,10,13,16-17,19H,8-9,11-12H2,1H3. The molecule has 2 nitrogen and oxygen atoms in total. The molecule has 0 saturated carbocycles. The third kappa shape index (κ3) is 2.91. The number of fused-ring (bicyclic) bond motifs is 1. The van der Waals surface area contributed by atoms with Crippen LogP contribution in [0.25, 0.3) is 0 Å². The third-order valence-corrected chi connectivity index (χ3v) is 4.44. The van der Waals surface area contributed by atoms with Gasteiger partial charge in [-0.05, 0) is 61.4 Å². The largest absolute Gasteiger partial charge is 0.317 e. The summed E-state index contributed by atoms with van der Waals surface area (Å²) < 4.78 is 0. The Bertz CT molecular complexity index is 550. The van der Waals surface area contributed by atoms with Crippen LogP contribution in [-0.2, 0) is 12.8 Å². The van der Waals surface area contributed by atoms with Crippen molar-refractivity contribution in [3.8, 4) is 0 Å². The van der Waals surface area contributed by atoms with E-state index in [1.54, 1.807) is 11.1 Å². The van der Waals surface area contributed by atoms with Crippen LogP contribution in [0.1, 0.15) is 35.4 Å². The van der Waals surface area contributed by atoms with E-state index in [1.165, 1.54) is 24.8 Å². The van der Waals surface area contributed by atoms with Gasteiger partial charge in [0.2, 0.25) is 0 Å². The molecule has 0 amide bonds. The highest BCUT2D eigenvalue weighted by molar-refractivity contribution is 5.39. The molecule has 0 aliphatic heterocycles. The van der Waals surface area contributed by atoms with Gasteiger partial charge in [-0.2, -0.15) is 0 Å². The molecule has 2 heteroatoms. The van der Waals surface area contributed by atoms with Crippen molar-refractivity contribution in [2.45, 2.75) is 37.6 Å². The number of nitrogens with one attached hydrogen (secondary N) is 1. The van der Waals surface area contributed by atoms with Gasteiger partial charge in [0.15, 0.2) is 0 Å². The Labute approximate surface area is 121 Å². The highest BCUT2D eigenvalue weighted by Gasteiger charge is 2.27. The number of aromatic nitrogens is 1. The van der Waals surface area contributed by atoms with E-state index < -0.39 is 0 Å². The summed E-state index contributed by atoms with van der Waals surface area (Å²) in [5.74, 6) is 0.748. The molecule has 1 N–H and O–H groups in total. The SMILES string of the molecule is CNC(CCc1cccnc1)CC1Cc2ccccc21. The van der Waals surface area contributed by atoms with Gasteiger partial charge >= 0.3 is 0 Å². The van der Waals surface area contributed by atoms with Gasteiger partial charge in [0.05, 0.1) is 0 Å². The van der Waals surface area contributed by atoms with Gasteiger partial charge in [0, 0.05) is 18.4 Å². The summed E-state index contributed by atoms with van der Waals surface area (Å²) in [6.07, 6.45) is 8.60. The first kappa shape index (κ1) is 13.3. The average Bonchev–Trinajstić information content (AvgIpc) is 2.49. The summed E-state index contributed by atoms with van der Waals surface area (Å²) in [6.45, 7) is 0. The van der Waals surface area contributed by atoms with Crippen molar-refractivity contribution in [3.63, 3.8) is 0 Å². The predicted octanol–water partition coefficient (Wildman–Crippen LogP) is 3.33. The van der Waals surface area contributed by atoms with Gasteiger partial charge in [-0.1, -0.05) is 30.3 Å². The molecule has 104 valence electrons. The second-order valence-electron chi connectivity index (χ2n) is 5.72. The van der Waals surface area contributed by atoms with E-state index in [4.69, 9.17) is 0 Å². The lowest BCUT2D eigenvalue weighted by Crippen LogP contribution is -2.31. The maximum absolute atomic E-state index is 4.19. The summed E-state index contributed by atoms with van der Waals surface area (Å²) >= 11 is 0. The maximum atomic E-state index is 4.19. The molecule has 0 radical (unpaired) electrons. The van der Waals surface area contributed by atoms with Gasteiger partial charge in [-0.15, -0.1) is 0 Å². The zero-order chi connectivity index (χ0) is 13.8. The van der Waals surface area contributed by atoms with E-state index in [-0.39, 0.29) is 0 Å². The van der Waals surface area contributed by atoms with Crippen LogP contribution in [0.15, 0.2) is 48.8 Å². The van der Waals surface area contributed by atoms with Crippen molar-refractivity contribution < 1.29 is 0 Å². The fourth-order valence-corrected chi connectivity index (χ4v) is 3.18. The number of rotatable bonds is 6. The third-order valence-electron chi connectivity index (χ3n) is 4.44. The average molecular weight is 266 g/mol. The fourth-order valence-electron chi connectivity index (χ4n) is 3.18. The van der Waals surface area contributed by atoms with Crippen LogP contribution in [0.4, 0.5) is 0 Å². The van der Waals surface area contributed by atoms with Crippen LogP contribution in [-0.4, -0.2) is 18.1 Å². The molecular weight excluding hydrogens is 244 g/mol. The van der Waals surface area contributed by atoms with Gasteiger partial charge in [-0.25, -0.2) is 0 Å². The molecule has 2 atom stereocenters. The van der Waals surface area contributed by atoms with E-state index >= 15 is 0 Å². The Hall–Kier alpha value is -1.67. The lowest BCUT2D eigenvalue weighted by molar-refractivity contribution is 0.420. The van der Waals surface area contributed by atoms with Crippen LogP contribution in [0.2, 0.25) is 0 Å². The smallest absolute Gasteiger partial charge is 0.0299 e. The second-order valence-corrected chi connectivity index (χ2v) is 5.72. The molecule has 20 heavy (non-hydrogen) atoms. The molecule has 2 unspecified atom stereocenters. The Morgan fingerprint density at radius 1 is 1.25 bits per heavy atom. The van der Waals surface area contributed by atoms with Crippen LogP contribution >= 0.6 is 0 Å². The number of hydrogen-bond acceptors (Lipinski definition) is 2. The summed E-state index contributed by atoms with van der Waals surface area (Å²) in [4.78, 5) is 4.19. The van der Waals surface area contributed by atoms with E-state index in [0.717, 1.165) is 12.3 Å². The molecule has 1 aromatic carbocycles. The monoisotopic (exact) mass is 266 g/mol. The Balaban J connectivity index is 1.54. The van der Waals surface area contributed by atoms with Crippen LogP contribution in [0, 0.1) is 0 Å². The molecule has 0 saturated heterocycles. The van der Waals surface area contributed by atoms with Crippen molar-refractivity contribution in [2.75, 3.05) is 7.05 Å². The molecule has 2 aromatic rings. The number of aryl methyl sites for hydroxylation is 1. The minimum Gasteiger partial charge on any atom is -0.317 e. The van der Waals surface area contributed by atoms with Gasteiger partial charge in [0.1, 0.15) is 0 Å². The van der Waals surface area contributed by atoms with Crippen LogP contribution in [0.5, 0.6) is 0 Å². The van der Waals surface area contributed by atoms with Crippen molar-refractivity contribution in [3.05, 3.63) is 65.5 Å². The second kappa shape index (κ2) is 6.19. The Morgan fingerprint density at radius 3 is 2.90 bits per heavy atom. The number of pyridine rings is 1. The molecule has 1 heterocycles. The molecule has 0 bridgehead atoms. The Kier molecular flexibility index (Phi) is 4.12. The molecule has 1 aliphatic rings. The minimum absolute atomic E-state index is 0.591. The molecule has 1 aliphatic carbocycles. The quantitative estimate of drug-likeness (QED) is 0.867. The number of hydrogen-bond donors (Lipinski definition) is 1. The van der Waals surface area contributed by atoms with E-state index in [1.807, 2.05) is 18.5 Å². The van der Waals surface area contributed by atoms with E-state index in [9.17, 15) is 0 Å². The van der Waals surface area contributed by atoms with Gasteiger partial charge in [-0.3, -0.25) is 4.98 Å². The van der Waals surface area contributed by atoms with Crippen LogP contribution < -0.4 is 5.32 Å². The summed E-state index contributed by atoms with van der Waals surface area (Å²) in [5, 5.41) is 3.48. The lowest BCUT2D eigenvalue weighted by Gasteiger charge is -2.33. The predicted molar refractivity (Wildman–Crippen MR) is 82.9 cm³/mol. The molecule has 1 aromatic heterocycles. The maximum Gasteiger partial charge on any atom is 0.0299 e. The van der Waals surface area contributed by atoms with E-state index in [2.05, 4.69) is 47.7 Å². The molecule has 0 fully saturated rings. The lowest BCUT2D eigenvalue weighted by atomic mass is 9.74. The summed E-state index contributed by atoms with van der Waals surface area (Å²) in [5.41, 5.74) is 4.44. The Morgan fingerprint density at radius 2 is 2.15 bits per heavy atom. The first-order chi connectivity index (χ1) is 9.86. The fraction of sp³-hybridized carbons (Fsp3) is 0.389.